The molecule has 2 amide bonds. The molecule has 1 aliphatic heterocycles. The summed E-state index contributed by atoms with van der Waals surface area (Å²) in [5, 5.41) is 13.3. The van der Waals surface area contributed by atoms with Gasteiger partial charge in [0.05, 0.1) is 10.6 Å². The maximum atomic E-state index is 12.6. The lowest BCUT2D eigenvalue weighted by molar-refractivity contribution is -0.122. The molecular formula is C19H14Cl2N2O3S2. The van der Waals surface area contributed by atoms with E-state index < -0.39 is 0 Å². The quantitative estimate of drug-likeness (QED) is 0.382. The number of phenolic OH excluding ortho intramolecular Hbond substituents is 1. The van der Waals surface area contributed by atoms with Gasteiger partial charge >= 0.3 is 0 Å². The van der Waals surface area contributed by atoms with E-state index in [0.717, 1.165) is 5.56 Å². The normalized spacial score (nSPS) is 15.4. The number of rotatable bonds is 5. The van der Waals surface area contributed by atoms with Crippen LogP contribution in [0.15, 0.2) is 47.4 Å². The number of halogens is 2. The highest BCUT2D eigenvalue weighted by Gasteiger charge is 2.32. The van der Waals surface area contributed by atoms with Crippen molar-refractivity contribution in [3.8, 4) is 5.75 Å². The Labute approximate surface area is 181 Å². The number of carbonyl (C=O) groups excluding carboxylic acids is 2. The number of thioether (sulfide) groups is 1. The Kier molecular flexibility index (Phi) is 6.61. The van der Waals surface area contributed by atoms with Crippen molar-refractivity contribution in [1.82, 2.24) is 4.90 Å². The molecule has 2 aromatic carbocycles. The monoisotopic (exact) mass is 452 g/mol. The van der Waals surface area contributed by atoms with E-state index in [1.165, 1.54) is 34.9 Å². The minimum absolute atomic E-state index is 0.0117. The highest BCUT2D eigenvalue weighted by Crippen LogP contribution is 2.34. The summed E-state index contributed by atoms with van der Waals surface area (Å²) in [6.45, 7) is 0.123. The maximum absolute atomic E-state index is 12.6. The van der Waals surface area contributed by atoms with E-state index >= 15 is 0 Å². The minimum Gasteiger partial charge on any atom is -0.506 e. The molecule has 3 rings (SSSR count). The van der Waals surface area contributed by atoms with Crippen LogP contribution in [0.5, 0.6) is 5.75 Å². The fourth-order valence-corrected chi connectivity index (χ4v) is 4.12. The van der Waals surface area contributed by atoms with Crippen LogP contribution in [0.3, 0.4) is 0 Å². The van der Waals surface area contributed by atoms with Crippen molar-refractivity contribution in [3.05, 3.63) is 63.0 Å². The third-order valence-electron chi connectivity index (χ3n) is 3.86. The van der Waals surface area contributed by atoms with Gasteiger partial charge in [0.1, 0.15) is 10.1 Å². The molecule has 1 aliphatic rings. The smallest absolute Gasteiger partial charge is 0.266 e. The third-order valence-corrected chi connectivity index (χ3v) is 5.82. The zero-order valence-electron chi connectivity index (χ0n) is 14.3. The SMILES string of the molecule is O=C(CCN1C(=O)/C(=C/c2ccccc2Cl)SC1=S)Nc1cc(Cl)ccc1O. The van der Waals surface area contributed by atoms with Gasteiger partial charge in [0, 0.05) is 23.0 Å². The summed E-state index contributed by atoms with van der Waals surface area (Å²) in [6, 6.07) is 11.5. The minimum atomic E-state index is -0.373. The van der Waals surface area contributed by atoms with Gasteiger partial charge in [0.25, 0.3) is 5.91 Å². The molecule has 0 bridgehead atoms. The molecule has 28 heavy (non-hydrogen) atoms. The summed E-state index contributed by atoms with van der Waals surface area (Å²) in [5.74, 6) is -0.735. The van der Waals surface area contributed by atoms with Gasteiger partial charge in [0.15, 0.2) is 0 Å². The predicted octanol–water partition coefficient (Wildman–Crippen LogP) is 4.93. The molecule has 0 saturated carbocycles. The van der Waals surface area contributed by atoms with E-state index in [0.29, 0.717) is 19.3 Å². The first-order chi connectivity index (χ1) is 13.3. The van der Waals surface area contributed by atoms with Gasteiger partial charge in [-0.1, -0.05) is 65.4 Å². The number of hydrogen-bond donors (Lipinski definition) is 2. The van der Waals surface area contributed by atoms with Gasteiger partial charge in [-0.3, -0.25) is 14.5 Å². The lowest BCUT2D eigenvalue weighted by Crippen LogP contribution is -2.31. The van der Waals surface area contributed by atoms with Crippen molar-refractivity contribution in [3.63, 3.8) is 0 Å². The number of anilines is 1. The molecule has 2 aromatic rings. The van der Waals surface area contributed by atoms with Crippen LogP contribution in [0, 0.1) is 0 Å². The summed E-state index contributed by atoms with van der Waals surface area (Å²) in [5.41, 5.74) is 0.931. The van der Waals surface area contributed by atoms with Crippen LogP contribution in [0.25, 0.3) is 6.08 Å². The summed E-state index contributed by atoms with van der Waals surface area (Å²) in [7, 11) is 0. The Morgan fingerprint density at radius 3 is 2.75 bits per heavy atom. The molecule has 9 heteroatoms. The van der Waals surface area contributed by atoms with E-state index in [9.17, 15) is 14.7 Å². The fourth-order valence-electron chi connectivity index (χ4n) is 2.46. The van der Waals surface area contributed by atoms with Crippen LogP contribution < -0.4 is 5.32 Å². The summed E-state index contributed by atoms with van der Waals surface area (Å²) >= 11 is 18.4. The molecule has 0 aromatic heterocycles. The summed E-state index contributed by atoms with van der Waals surface area (Å²) in [4.78, 5) is 26.6. The van der Waals surface area contributed by atoms with E-state index in [2.05, 4.69) is 5.32 Å². The van der Waals surface area contributed by atoms with E-state index in [4.69, 9.17) is 35.4 Å². The zero-order chi connectivity index (χ0) is 20.3. The molecule has 144 valence electrons. The van der Waals surface area contributed by atoms with Crippen molar-refractivity contribution in [2.75, 3.05) is 11.9 Å². The average Bonchev–Trinajstić information content (AvgIpc) is 2.91. The maximum Gasteiger partial charge on any atom is 0.266 e. The van der Waals surface area contributed by atoms with Crippen molar-refractivity contribution >= 4 is 75.1 Å². The Bertz CT molecular complexity index is 995. The average molecular weight is 453 g/mol. The molecule has 1 saturated heterocycles. The standard InChI is InChI=1S/C19H14Cl2N2O3S2/c20-12-5-6-15(24)14(10-12)22-17(25)7-8-23-18(26)16(28-19(23)27)9-11-3-1-2-4-13(11)21/h1-6,9-10,24H,7-8H2,(H,22,25)/b16-9-. The van der Waals surface area contributed by atoms with Crippen LogP contribution in [-0.2, 0) is 9.59 Å². The number of carbonyl (C=O) groups is 2. The van der Waals surface area contributed by atoms with Crippen molar-refractivity contribution in [2.45, 2.75) is 6.42 Å². The molecule has 0 aliphatic carbocycles. The first-order valence-corrected chi connectivity index (χ1v) is 10.1. The highest BCUT2D eigenvalue weighted by atomic mass is 35.5. The lowest BCUT2D eigenvalue weighted by atomic mass is 10.2. The van der Waals surface area contributed by atoms with Crippen LogP contribution in [0.1, 0.15) is 12.0 Å². The number of thiocarbonyl (C=S) groups is 1. The van der Waals surface area contributed by atoms with Crippen LogP contribution in [0.4, 0.5) is 5.69 Å². The van der Waals surface area contributed by atoms with Gasteiger partial charge in [-0.25, -0.2) is 0 Å². The number of nitrogens with zero attached hydrogens (tertiary/aromatic N) is 1. The third kappa shape index (κ3) is 4.86. The number of nitrogens with one attached hydrogen (secondary N) is 1. The fraction of sp³-hybridized carbons (Fsp3) is 0.105. The number of hydrogen-bond acceptors (Lipinski definition) is 5. The van der Waals surface area contributed by atoms with Gasteiger partial charge in [-0.15, -0.1) is 0 Å². The Balaban J connectivity index is 1.64. The van der Waals surface area contributed by atoms with E-state index in [1.54, 1.807) is 24.3 Å². The van der Waals surface area contributed by atoms with Gasteiger partial charge in [-0.05, 0) is 35.9 Å². The van der Waals surface area contributed by atoms with Crippen molar-refractivity contribution < 1.29 is 14.7 Å². The van der Waals surface area contributed by atoms with E-state index in [-0.39, 0.29) is 36.2 Å². The predicted molar refractivity (Wildman–Crippen MR) is 118 cm³/mol. The van der Waals surface area contributed by atoms with Crippen LogP contribution >= 0.6 is 47.2 Å². The Hall–Kier alpha value is -2.06. The molecule has 5 nitrogen and oxygen atoms in total. The molecule has 1 heterocycles. The molecule has 1 fully saturated rings. The number of amides is 2. The molecule has 2 N–H and O–H groups in total. The first kappa shape index (κ1) is 20.7. The summed E-state index contributed by atoms with van der Waals surface area (Å²) < 4.78 is 0.377. The van der Waals surface area contributed by atoms with Crippen molar-refractivity contribution in [1.29, 1.82) is 0 Å². The Morgan fingerprint density at radius 2 is 2.00 bits per heavy atom. The second-order valence-electron chi connectivity index (χ2n) is 5.81. The molecule has 0 atom stereocenters. The van der Waals surface area contributed by atoms with Gasteiger partial charge in [-0.2, -0.15) is 0 Å². The summed E-state index contributed by atoms with van der Waals surface area (Å²) in [6.07, 6.45) is 1.70. The second kappa shape index (κ2) is 8.96. The molecule has 0 spiro atoms. The topological polar surface area (TPSA) is 69.6 Å². The number of benzene rings is 2. The number of aromatic hydroxyl groups is 1. The van der Waals surface area contributed by atoms with Gasteiger partial charge < -0.3 is 10.4 Å². The number of phenols is 1. The van der Waals surface area contributed by atoms with E-state index in [1.807, 2.05) is 6.07 Å². The highest BCUT2D eigenvalue weighted by molar-refractivity contribution is 8.26. The molecular weight excluding hydrogens is 439 g/mol. The van der Waals surface area contributed by atoms with Crippen molar-refractivity contribution in [2.24, 2.45) is 0 Å². The van der Waals surface area contributed by atoms with Gasteiger partial charge in [0.2, 0.25) is 5.91 Å². The first-order valence-electron chi connectivity index (χ1n) is 8.13. The lowest BCUT2D eigenvalue weighted by Gasteiger charge is -2.14. The zero-order valence-corrected chi connectivity index (χ0v) is 17.5. The second-order valence-corrected chi connectivity index (χ2v) is 8.33. The largest absolute Gasteiger partial charge is 0.506 e. The van der Waals surface area contributed by atoms with Crippen LogP contribution in [-0.4, -0.2) is 32.7 Å². The van der Waals surface area contributed by atoms with Crippen LogP contribution in [0.2, 0.25) is 10.0 Å². The molecule has 0 radical (unpaired) electrons. The molecule has 0 unspecified atom stereocenters. The Morgan fingerprint density at radius 1 is 1.25 bits per heavy atom.